The Bertz CT molecular complexity index is 371. The molecule has 4 heteroatoms. The highest BCUT2D eigenvalue weighted by molar-refractivity contribution is 7.99. The van der Waals surface area contributed by atoms with Gasteiger partial charge in [-0.3, -0.25) is 9.69 Å². The molecule has 3 nitrogen and oxygen atoms in total. The van der Waals surface area contributed by atoms with Crippen LogP contribution in [-0.4, -0.2) is 48.0 Å². The maximum atomic E-state index is 12.2. The zero-order valence-electron chi connectivity index (χ0n) is 12.9. The summed E-state index contributed by atoms with van der Waals surface area (Å²) in [5, 5.41) is 3.21. The summed E-state index contributed by atoms with van der Waals surface area (Å²) >= 11 is 2.10. The first kappa shape index (κ1) is 15.4. The van der Waals surface area contributed by atoms with E-state index in [1.165, 1.54) is 43.9 Å². The minimum atomic E-state index is 0.227. The van der Waals surface area contributed by atoms with Crippen LogP contribution in [0.2, 0.25) is 0 Å². The Morgan fingerprint density at radius 3 is 2.71 bits per heavy atom. The van der Waals surface area contributed by atoms with Crippen LogP contribution in [0.1, 0.15) is 38.5 Å². The summed E-state index contributed by atoms with van der Waals surface area (Å²) in [6.07, 6.45) is 11.3. The Hall–Kier alpha value is -0.480. The normalized spacial score (nSPS) is 31.4. The first-order chi connectivity index (χ1) is 10.3. The number of hydrogen-bond acceptors (Lipinski definition) is 3. The highest BCUT2D eigenvalue weighted by atomic mass is 32.2. The van der Waals surface area contributed by atoms with Crippen molar-refractivity contribution in [3.05, 3.63) is 12.2 Å². The Morgan fingerprint density at radius 2 is 2.05 bits per heavy atom. The van der Waals surface area contributed by atoms with E-state index in [0.29, 0.717) is 5.92 Å². The molecule has 118 valence electrons. The lowest BCUT2D eigenvalue weighted by molar-refractivity contribution is -0.125. The van der Waals surface area contributed by atoms with Gasteiger partial charge in [-0.1, -0.05) is 12.2 Å². The maximum Gasteiger partial charge on any atom is 0.223 e. The monoisotopic (exact) mass is 308 g/mol. The van der Waals surface area contributed by atoms with Gasteiger partial charge in [0.05, 0.1) is 0 Å². The number of piperidine rings is 1. The van der Waals surface area contributed by atoms with Gasteiger partial charge >= 0.3 is 0 Å². The number of hydrogen-bond donors (Lipinski definition) is 1. The van der Waals surface area contributed by atoms with Crippen LogP contribution in [0.15, 0.2) is 12.2 Å². The van der Waals surface area contributed by atoms with Gasteiger partial charge in [-0.15, -0.1) is 0 Å². The molecule has 3 aliphatic rings. The highest BCUT2D eigenvalue weighted by Crippen LogP contribution is 2.26. The van der Waals surface area contributed by atoms with E-state index in [1.807, 2.05) is 0 Å². The minimum Gasteiger partial charge on any atom is -0.356 e. The van der Waals surface area contributed by atoms with Crippen LogP contribution in [0.4, 0.5) is 0 Å². The summed E-state index contributed by atoms with van der Waals surface area (Å²) in [5.74, 6) is 3.88. The molecular formula is C17H28N2OS. The van der Waals surface area contributed by atoms with Crippen molar-refractivity contribution >= 4 is 17.7 Å². The first-order valence-electron chi connectivity index (χ1n) is 8.57. The summed E-state index contributed by atoms with van der Waals surface area (Å²) in [6.45, 7) is 3.36. The van der Waals surface area contributed by atoms with Gasteiger partial charge in [0.2, 0.25) is 5.91 Å². The fourth-order valence-corrected chi connectivity index (χ4v) is 5.01. The van der Waals surface area contributed by atoms with Crippen LogP contribution >= 0.6 is 11.8 Å². The Morgan fingerprint density at radius 1 is 1.19 bits per heavy atom. The zero-order valence-corrected chi connectivity index (χ0v) is 13.7. The molecule has 2 aliphatic heterocycles. The van der Waals surface area contributed by atoms with E-state index in [1.54, 1.807) is 0 Å². The molecule has 0 aromatic carbocycles. The number of nitrogens with one attached hydrogen (secondary N) is 1. The molecule has 0 radical (unpaired) electrons. The van der Waals surface area contributed by atoms with E-state index in [2.05, 4.69) is 34.1 Å². The number of carbonyl (C=O) groups is 1. The van der Waals surface area contributed by atoms with Gasteiger partial charge in [0.25, 0.3) is 0 Å². The average molecular weight is 308 g/mol. The Balaban J connectivity index is 1.35. The van der Waals surface area contributed by atoms with Crippen LogP contribution in [0.3, 0.4) is 0 Å². The molecular weight excluding hydrogens is 280 g/mol. The molecule has 0 aromatic rings. The van der Waals surface area contributed by atoms with E-state index in [4.69, 9.17) is 0 Å². The summed E-state index contributed by atoms with van der Waals surface area (Å²) < 4.78 is 0. The third-order valence-electron chi connectivity index (χ3n) is 5.28. The average Bonchev–Trinajstić information content (AvgIpc) is 3.08. The van der Waals surface area contributed by atoms with Crippen molar-refractivity contribution in [2.24, 2.45) is 11.8 Å². The molecule has 2 fully saturated rings. The van der Waals surface area contributed by atoms with E-state index >= 15 is 0 Å². The molecule has 0 aromatic heterocycles. The second-order valence-electron chi connectivity index (χ2n) is 6.72. The highest BCUT2D eigenvalue weighted by Gasteiger charge is 2.28. The van der Waals surface area contributed by atoms with E-state index in [9.17, 15) is 4.79 Å². The van der Waals surface area contributed by atoms with E-state index in [0.717, 1.165) is 31.8 Å². The molecule has 2 atom stereocenters. The minimum absolute atomic E-state index is 0.227. The molecule has 2 heterocycles. The van der Waals surface area contributed by atoms with E-state index in [-0.39, 0.29) is 11.8 Å². The van der Waals surface area contributed by atoms with Crippen molar-refractivity contribution in [3.63, 3.8) is 0 Å². The number of carbonyl (C=O) groups excluding carboxylic acids is 1. The van der Waals surface area contributed by atoms with Gasteiger partial charge in [-0.05, 0) is 63.3 Å². The number of likely N-dealkylation sites (tertiary alicyclic amines) is 1. The van der Waals surface area contributed by atoms with Crippen molar-refractivity contribution in [1.82, 2.24) is 10.2 Å². The zero-order chi connectivity index (χ0) is 14.5. The molecule has 0 bridgehead atoms. The summed E-state index contributed by atoms with van der Waals surface area (Å²) in [7, 11) is 0. The quantitative estimate of drug-likeness (QED) is 0.811. The smallest absolute Gasteiger partial charge is 0.223 e. The van der Waals surface area contributed by atoms with Crippen LogP contribution in [0.25, 0.3) is 0 Å². The van der Waals surface area contributed by atoms with Crippen molar-refractivity contribution < 1.29 is 4.79 Å². The molecule has 1 N–H and O–H groups in total. The third kappa shape index (κ3) is 4.26. The topological polar surface area (TPSA) is 32.3 Å². The van der Waals surface area contributed by atoms with Gasteiger partial charge in [0, 0.05) is 24.3 Å². The van der Waals surface area contributed by atoms with Crippen molar-refractivity contribution in [1.29, 1.82) is 0 Å². The third-order valence-corrected chi connectivity index (χ3v) is 6.42. The summed E-state index contributed by atoms with van der Waals surface area (Å²) in [6, 6.07) is 0.833. The first-order valence-corrected chi connectivity index (χ1v) is 9.73. The van der Waals surface area contributed by atoms with Crippen LogP contribution < -0.4 is 5.32 Å². The van der Waals surface area contributed by atoms with Crippen LogP contribution in [0, 0.1) is 11.8 Å². The predicted octanol–water partition coefficient (Wildman–Crippen LogP) is 2.68. The van der Waals surface area contributed by atoms with Crippen molar-refractivity contribution in [3.8, 4) is 0 Å². The SMILES string of the molecule is O=C(NCC1CCN([C@@H]2CCSC2)CC1)[C@H]1CC=CCC1. The Labute approximate surface area is 132 Å². The lowest BCUT2D eigenvalue weighted by Gasteiger charge is -2.35. The number of nitrogens with zero attached hydrogens (tertiary/aromatic N) is 1. The number of amides is 1. The maximum absolute atomic E-state index is 12.2. The molecule has 0 spiro atoms. The van der Waals surface area contributed by atoms with Crippen molar-refractivity contribution in [2.45, 2.75) is 44.6 Å². The second kappa shape index (κ2) is 7.68. The lowest BCUT2D eigenvalue weighted by Crippen LogP contribution is -2.44. The van der Waals surface area contributed by atoms with Gasteiger partial charge < -0.3 is 5.32 Å². The largest absolute Gasteiger partial charge is 0.356 e. The molecule has 0 unspecified atom stereocenters. The fraction of sp³-hybridized carbons (Fsp3) is 0.824. The lowest BCUT2D eigenvalue weighted by atomic mass is 9.92. The van der Waals surface area contributed by atoms with Gasteiger partial charge in [0.1, 0.15) is 0 Å². The molecule has 3 rings (SSSR count). The standard InChI is InChI=1S/C17H28N2OS/c20-17(15-4-2-1-3-5-15)18-12-14-6-9-19(10-7-14)16-8-11-21-13-16/h1-2,14-16H,3-13H2,(H,18,20)/t15-,16+/m0/s1. The molecule has 21 heavy (non-hydrogen) atoms. The fourth-order valence-electron chi connectivity index (χ4n) is 3.75. The van der Waals surface area contributed by atoms with E-state index < -0.39 is 0 Å². The Kier molecular flexibility index (Phi) is 5.64. The van der Waals surface area contributed by atoms with Gasteiger partial charge in [-0.25, -0.2) is 0 Å². The number of thioether (sulfide) groups is 1. The van der Waals surface area contributed by atoms with Gasteiger partial charge in [0.15, 0.2) is 0 Å². The van der Waals surface area contributed by atoms with Crippen LogP contribution in [0.5, 0.6) is 0 Å². The number of rotatable bonds is 4. The summed E-state index contributed by atoms with van der Waals surface area (Å²) in [4.78, 5) is 14.8. The molecule has 0 saturated carbocycles. The second-order valence-corrected chi connectivity index (χ2v) is 7.87. The molecule has 1 aliphatic carbocycles. The van der Waals surface area contributed by atoms with Crippen LogP contribution in [-0.2, 0) is 4.79 Å². The van der Waals surface area contributed by atoms with Crippen molar-refractivity contribution in [2.75, 3.05) is 31.1 Å². The number of allylic oxidation sites excluding steroid dienone is 2. The predicted molar refractivity (Wildman–Crippen MR) is 89.5 cm³/mol. The summed E-state index contributed by atoms with van der Waals surface area (Å²) in [5.41, 5.74) is 0. The molecule has 2 saturated heterocycles. The van der Waals surface area contributed by atoms with Gasteiger partial charge in [-0.2, -0.15) is 11.8 Å². The molecule has 1 amide bonds.